The van der Waals surface area contributed by atoms with Gasteiger partial charge in [0.2, 0.25) is 0 Å². The largest absolute Gasteiger partial charge is 0.359 e. The van der Waals surface area contributed by atoms with Crippen molar-refractivity contribution >= 4 is 23.0 Å². The maximum atomic E-state index is 5.08. The van der Waals surface area contributed by atoms with E-state index in [1.807, 2.05) is 32.0 Å². The minimum Gasteiger partial charge on any atom is -0.359 e. The average Bonchev–Trinajstić information content (AvgIpc) is 2.14. The van der Waals surface area contributed by atoms with E-state index in [1.54, 1.807) is 0 Å². The fourth-order valence-electron chi connectivity index (χ4n) is 1.15. The van der Waals surface area contributed by atoms with Crippen molar-refractivity contribution < 1.29 is 0 Å². The predicted octanol–water partition coefficient (Wildman–Crippen LogP) is 2.19. The SMILES string of the molecule is Cc1cccc(NNC(=S)NC(C)C)c1. The van der Waals surface area contributed by atoms with E-state index >= 15 is 0 Å². The van der Waals surface area contributed by atoms with Crippen LogP contribution < -0.4 is 16.2 Å². The van der Waals surface area contributed by atoms with Gasteiger partial charge in [0.1, 0.15) is 0 Å². The van der Waals surface area contributed by atoms with Crippen molar-refractivity contribution in [2.75, 3.05) is 5.43 Å². The second-order valence-electron chi connectivity index (χ2n) is 3.75. The molecule has 82 valence electrons. The van der Waals surface area contributed by atoms with E-state index in [4.69, 9.17) is 12.2 Å². The molecule has 0 aliphatic heterocycles. The van der Waals surface area contributed by atoms with E-state index in [2.05, 4.69) is 29.2 Å². The molecule has 15 heavy (non-hydrogen) atoms. The van der Waals surface area contributed by atoms with Crippen LogP contribution >= 0.6 is 12.2 Å². The highest BCUT2D eigenvalue weighted by Gasteiger charge is 1.97. The van der Waals surface area contributed by atoms with Gasteiger partial charge in [-0.1, -0.05) is 12.1 Å². The zero-order valence-corrected chi connectivity index (χ0v) is 10.1. The first-order valence-corrected chi connectivity index (χ1v) is 5.38. The molecular weight excluding hydrogens is 206 g/mol. The van der Waals surface area contributed by atoms with Crippen molar-refractivity contribution in [1.29, 1.82) is 0 Å². The molecule has 0 atom stereocenters. The summed E-state index contributed by atoms with van der Waals surface area (Å²) in [6.07, 6.45) is 0. The van der Waals surface area contributed by atoms with Crippen LogP contribution in [0.3, 0.4) is 0 Å². The lowest BCUT2D eigenvalue weighted by Crippen LogP contribution is -2.41. The average molecular weight is 223 g/mol. The van der Waals surface area contributed by atoms with E-state index in [1.165, 1.54) is 5.56 Å². The van der Waals surface area contributed by atoms with Gasteiger partial charge in [-0.2, -0.15) is 0 Å². The number of rotatable bonds is 3. The van der Waals surface area contributed by atoms with Crippen LogP contribution in [0.4, 0.5) is 5.69 Å². The van der Waals surface area contributed by atoms with Crippen LogP contribution in [0.15, 0.2) is 24.3 Å². The van der Waals surface area contributed by atoms with Crippen molar-refractivity contribution in [1.82, 2.24) is 10.7 Å². The lowest BCUT2D eigenvalue weighted by atomic mass is 10.2. The molecule has 0 aliphatic rings. The Morgan fingerprint density at radius 1 is 1.33 bits per heavy atom. The van der Waals surface area contributed by atoms with Crippen molar-refractivity contribution in [3.63, 3.8) is 0 Å². The Morgan fingerprint density at radius 2 is 2.07 bits per heavy atom. The highest BCUT2D eigenvalue weighted by atomic mass is 32.1. The Balaban J connectivity index is 2.40. The fourth-order valence-corrected chi connectivity index (χ4v) is 1.44. The van der Waals surface area contributed by atoms with Crippen LogP contribution in [0.25, 0.3) is 0 Å². The Labute approximate surface area is 96.2 Å². The standard InChI is InChI=1S/C11H17N3S/c1-8(2)12-11(15)14-13-10-6-4-5-9(3)7-10/h4-8,13H,1-3H3,(H2,12,14,15). The Kier molecular flexibility index (Phi) is 4.37. The van der Waals surface area contributed by atoms with Crippen molar-refractivity contribution in [3.05, 3.63) is 29.8 Å². The van der Waals surface area contributed by atoms with E-state index < -0.39 is 0 Å². The highest BCUT2D eigenvalue weighted by molar-refractivity contribution is 7.80. The molecule has 0 fully saturated rings. The number of anilines is 1. The molecule has 0 bridgehead atoms. The molecule has 0 saturated heterocycles. The Bertz CT molecular complexity index is 336. The van der Waals surface area contributed by atoms with Gasteiger partial charge in [0.25, 0.3) is 0 Å². The first-order chi connectivity index (χ1) is 7.08. The van der Waals surface area contributed by atoms with Gasteiger partial charge in [0.05, 0.1) is 5.69 Å². The number of thiocarbonyl (C=S) groups is 1. The third-order valence-electron chi connectivity index (χ3n) is 1.76. The number of hydrazine groups is 1. The van der Waals surface area contributed by atoms with Gasteiger partial charge in [0, 0.05) is 6.04 Å². The van der Waals surface area contributed by atoms with Crippen LogP contribution in [0.5, 0.6) is 0 Å². The summed E-state index contributed by atoms with van der Waals surface area (Å²) in [4.78, 5) is 0. The molecule has 0 aromatic heterocycles. The normalized spacial score (nSPS) is 9.87. The zero-order chi connectivity index (χ0) is 11.3. The van der Waals surface area contributed by atoms with E-state index in [9.17, 15) is 0 Å². The molecule has 0 radical (unpaired) electrons. The van der Waals surface area contributed by atoms with E-state index in [0.29, 0.717) is 11.2 Å². The first-order valence-electron chi connectivity index (χ1n) is 4.97. The second kappa shape index (κ2) is 5.56. The van der Waals surface area contributed by atoms with E-state index in [-0.39, 0.29) is 0 Å². The maximum absolute atomic E-state index is 5.08. The molecule has 0 amide bonds. The zero-order valence-electron chi connectivity index (χ0n) is 9.29. The summed E-state index contributed by atoms with van der Waals surface area (Å²) in [6, 6.07) is 8.42. The molecule has 1 aromatic carbocycles. The quantitative estimate of drug-likeness (QED) is 0.542. The topological polar surface area (TPSA) is 36.1 Å². The van der Waals surface area contributed by atoms with Crippen molar-refractivity contribution in [3.8, 4) is 0 Å². The molecule has 0 aliphatic carbocycles. The minimum atomic E-state index is 0.337. The lowest BCUT2D eigenvalue weighted by molar-refractivity contribution is 0.724. The molecule has 0 unspecified atom stereocenters. The molecule has 3 nitrogen and oxygen atoms in total. The van der Waals surface area contributed by atoms with Gasteiger partial charge in [-0.3, -0.25) is 10.9 Å². The number of benzene rings is 1. The highest BCUT2D eigenvalue weighted by Crippen LogP contribution is 2.07. The smallest absolute Gasteiger partial charge is 0.185 e. The molecule has 1 aromatic rings. The van der Waals surface area contributed by atoms with Crippen molar-refractivity contribution in [2.45, 2.75) is 26.8 Å². The second-order valence-corrected chi connectivity index (χ2v) is 4.16. The van der Waals surface area contributed by atoms with Crippen LogP contribution in [0.1, 0.15) is 19.4 Å². The van der Waals surface area contributed by atoms with Crippen LogP contribution in [0, 0.1) is 6.92 Å². The van der Waals surface area contributed by atoms with Crippen LogP contribution in [-0.2, 0) is 0 Å². The number of nitrogens with one attached hydrogen (secondary N) is 3. The summed E-state index contributed by atoms with van der Waals surface area (Å²) in [7, 11) is 0. The third-order valence-corrected chi connectivity index (χ3v) is 1.98. The summed E-state index contributed by atoms with van der Waals surface area (Å²) in [5.74, 6) is 0. The van der Waals surface area contributed by atoms with Gasteiger partial charge >= 0.3 is 0 Å². The fraction of sp³-hybridized carbons (Fsp3) is 0.364. The Morgan fingerprint density at radius 3 is 2.67 bits per heavy atom. The molecule has 4 heteroatoms. The summed E-state index contributed by atoms with van der Waals surface area (Å²) < 4.78 is 0. The van der Waals surface area contributed by atoms with E-state index in [0.717, 1.165) is 5.69 Å². The minimum absolute atomic E-state index is 0.337. The molecule has 0 heterocycles. The number of aryl methyl sites for hydroxylation is 1. The summed E-state index contributed by atoms with van der Waals surface area (Å²) in [5, 5.41) is 3.69. The summed E-state index contributed by atoms with van der Waals surface area (Å²) >= 11 is 5.08. The van der Waals surface area contributed by atoms with Crippen LogP contribution in [-0.4, -0.2) is 11.2 Å². The number of hydrogen-bond donors (Lipinski definition) is 3. The van der Waals surface area contributed by atoms with Gasteiger partial charge in [-0.25, -0.2) is 0 Å². The monoisotopic (exact) mass is 223 g/mol. The van der Waals surface area contributed by atoms with Crippen LogP contribution in [0.2, 0.25) is 0 Å². The maximum Gasteiger partial charge on any atom is 0.185 e. The molecule has 3 N–H and O–H groups in total. The van der Waals surface area contributed by atoms with Gasteiger partial charge in [0.15, 0.2) is 5.11 Å². The predicted molar refractivity (Wildman–Crippen MR) is 68.8 cm³/mol. The molecule has 0 saturated carbocycles. The van der Waals surface area contributed by atoms with Crippen molar-refractivity contribution in [2.24, 2.45) is 0 Å². The first kappa shape index (κ1) is 11.8. The van der Waals surface area contributed by atoms with Gasteiger partial charge in [-0.15, -0.1) is 0 Å². The molecule has 1 rings (SSSR count). The van der Waals surface area contributed by atoms with Gasteiger partial charge in [-0.05, 0) is 50.7 Å². The van der Waals surface area contributed by atoms with Gasteiger partial charge < -0.3 is 5.32 Å². The Hall–Kier alpha value is -1.29. The summed E-state index contributed by atoms with van der Waals surface area (Å²) in [5.41, 5.74) is 8.18. The molecular formula is C11H17N3S. The molecule has 0 spiro atoms. The third kappa shape index (κ3) is 4.65. The summed E-state index contributed by atoms with van der Waals surface area (Å²) in [6.45, 7) is 6.14. The number of hydrogen-bond acceptors (Lipinski definition) is 2. The lowest BCUT2D eigenvalue weighted by Gasteiger charge is -2.14.